The molecule has 1 aromatic carbocycles. The highest BCUT2D eigenvalue weighted by Gasteiger charge is 2.18. The van der Waals surface area contributed by atoms with E-state index in [4.69, 9.17) is 5.73 Å². The average molecular weight is 327 g/mol. The summed E-state index contributed by atoms with van der Waals surface area (Å²) in [5.74, 6) is 0.102. The fraction of sp³-hybridized carbons (Fsp3) is 0.533. The van der Waals surface area contributed by atoms with Gasteiger partial charge in [-0.1, -0.05) is 41.9 Å². The Bertz CT molecular complexity index is 418. The highest BCUT2D eigenvalue weighted by atomic mass is 79.9. The van der Waals surface area contributed by atoms with Gasteiger partial charge in [-0.3, -0.25) is 4.79 Å². The second kappa shape index (κ2) is 7.65. The van der Waals surface area contributed by atoms with Crippen LogP contribution < -0.4 is 11.1 Å². The maximum absolute atomic E-state index is 11.8. The minimum absolute atomic E-state index is 0.102. The van der Waals surface area contributed by atoms with Crippen LogP contribution in [0.4, 0.5) is 0 Å². The molecule has 0 aliphatic rings. The number of rotatable bonds is 7. The summed E-state index contributed by atoms with van der Waals surface area (Å²) < 4.78 is 1.03. The van der Waals surface area contributed by atoms with Crippen LogP contribution >= 0.6 is 15.9 Å². The number of carbonyl (C=O) groups is 1. The number of amides is 1. The molecule has 0 atom stereocenters. The molecule has 0 aliphatic carbocycles. The molecule has 3 nitrogen and oxygen atoms in total. The van der Waals surface area contributed by atoms with Crippen LogP contribution in [0.25, 0.3) is 0 Å². The second-order valence-electron chi connectivity index (χ2n) is 5.61. The maximum atomic E-state index is 11.8. The summed E-state index contributed by atoms with van der Waals surface area (Å²) in [6.45, 7) is 5.56. The average Bonchev–Trinajstić information content (AvgIpc) is 2.34. The predicted molar refractivity (Wildman–Crippen MR) is 82.7 cm³/mol. The summed E-state index contributed by atoms with van der Waals surface area (Å²) >= 11 is 3.42. The monoisotopic (exact) mass is 326 g/mol. The van der Waals surface area contributed by atoms with Gasteiger partial charge in [-0.2, -0.15) is 0 Å². The molecular weight excluding hydrogens is 304 g/mol. The van der Waals surface area contributed by atoms with Crippen LogP contribution in [0.15, 0.2) is 28.7 Å². The summed E-state index contributed by atoms with van der Waals surface area (Å²) in [5.41, 5.74) is 6.81. The Morgan fingerprint density at radius 1 is 1.37 bits per heavy atom. The lowest BCUT2D eigenvalue weighted by molar-refractivity contribution is -0.121. The van der Waals surface area contributed by atoms with E-state index in [0.29, 0.717) is 19.5 Å². The van der Waals surface area contributed by atoms with Crippen molar-refractivity contribution in [3.05, 3.63) is 34.3 Å². The first-order valence-corrected chi connectivity index (χ1v) is 7.43. The van der Waals surface area contributed by atoms with Gasteiger partial charge in [0.2, 0.25) is 5.91 Å². The van der Waals surface area contributed by atoms with Crippen molar-refractivity contribution < 1.29 is 4.79 Å². The summed E-state index contributed by atoms with van der Waals surface area (Å²) in [5, 5.41) is 2.95. The lowest BCUT2D eigenvalue weighted by Crippen LogP contribution is -2.25. The molecule has 0 aromatic heterocycles. The zero-order valence-corrected chi connectivity index (χ0v) is 13.3. The molecule has 0 spiro atoms. The quantitative estimate of drug-likeness (QED) is 0.808. The largest absolute Gasteiger partial charge is 0.352 e. The van der Waals surface area contributed by atoms with Crippen molar-refractivity contribution in [2.75, 3.05) is 6.54 Å². The van der Waals surface area contributed by atoms with E-state index in [0.717, 1.165) is 22.9 Å². The van der Waals surface area contributed by atoms with Crippen LogP contribution in [-0.4, -0.2) is 12.5 Å². The molecule has 0 saturated carbocycles. The Balaban J connectivity index is 2.32. The minimum Gasteiger partial charge on any atom is -0.352 e. The maximum Gasteiger partial charge on any atom is 0.220 e. The van der Waals surface area contributed by atoms with Crippen molar-refractivity contribution >= 4 is 21.8 Å². The molecular formula is C15H23BrN2O. The van der Waals surface area contributed by atoms with Gasteiger partial charge in [0.15, 0.2) is 0 Å². The van der Waals surface area contributed by atoms with Crippen molar-refractivity contribution in [2.24, 2.45) is 11.1 Å². The van der Waals surface area contributed by atoms with Gasteiger partial charge in [0.05, 0.1) is 0 Å². The number of nitrogens with one attached hydrogen (secondary N) is 1. The Morgan fingerprint density at radius 2 is 2.11 bits per heavy atom. The van der Waals surface area contributed by atoms with E-state index < -0.39 is 0 Å². The molecule has 3 N–H and O–H groups in total. The van der Waals surface area contributed by atoms with Gasteiger partial charge in [0.25, 0.3) is 0 Å². The fourth-order valence-corrected chi connectivity index (χ4v) is 2.35. The Kier molecular flexibility index (Phi) is 6.52. The van der Waals surface area contributed by atoms with E-state index in [9.17, 15) is 4.79 Å². The van der Waals surface area contributed by atoms with Gasteiger partial charge >= 0.3 is 0 Å². The van der Waals surface area contributed by atoms with Gasteiger partial charge in [0, 0.05) is 17.4 Å². The van der Waals surface area contributed by atoms with Crippen LogP contribution in [0.5, 0.6) is 0 Å². The van der Waals surface area contributed by atoms with Crippen molar-refractivity contribution in [3.63, 3.8) is 0 Å². The summed E-state index contributed by atoms with van der Waals surface area (Å²) in [7, 11) is 0. The number of hydrogen-bond donors (Lipinski definition) is 2. The molecule has 106 valence electrons. The standard InChI is InChI=1S/C15H23BrN2O/c1-15(2,8-9-17)7-6-14(19)18-11-12-4-3-5-13(16)10-12/h3-5,10H,6-9,11,17H2,1-2H3,(H,18,19). The highest BCUT2D eigenvalue weighted by molar-refractivity contribution is 9.10. The molecule has 0 unspecified atom stereocenters. The first-order valence-electron chi connectivity index (χ1n) is 6.64. The fourth-order valence-electron chi connectivity index (χ4n) is 1.90. The summed E-state index contributed by atoms with van der Waals surface area (Å²) in [4.78, 5) is 11.8. The van der Waals surface area contributed by atoms with Crippen LogP contribution in [0, 0.1) is 5.41 Å². The number of nitrogens with two attached hydrogens (primary N) is 1. The highest BCUT2D eigenvalue weighted by Crippen LogP contribution is 2.25. The molecule has 4 heteroatoms. The summed E-state index contributed by atoms with van der Waals surface area (Å²) in [6, 6.07) is 7.96. The molecule has 0 fully saturated rings. The van der Waals surface area contributed by atoms with Crippen molar-refractivity contribution in [2.45, 2.75) is 39.7 Å². The molecule has 1 aromatic rings. The summed E-state index contributed by atoms with van der Waals surface area (Å²) in [6.07, 6.45) is 2.38. The van der Waals surface area contributed by atoms with Crippen LogP contribution in [0.1, 0.15) is 38.7 Å². The van der Waals surface area contributed by atoms with Gasteiger partial charge < -0.3 is 11.1 Å². The Labute approximate surface area is 124 Å². The van der Waals surface area contributed by atoms with E-state index in [2.05, 4.69) is 35.1 Å². The molecule has 1 rings (SSSR count). The lowest BCUT2D eigenvalue weighted by atomic mass is 9.84. The van der Waals surface area contributed by atoms with Crippen molar-refractivity contribution in [3.8, 4) is 0 Å². The SMILES string of the molecule is CC(C)(CCN)CCC(=O)NCc1cccc(Br)c1. The molecule has 0 saturated heterocycles. The Morgan fingerprint density at radius 3 is 2.74 bits per heavy atom. The van der Waals surface area contributed by atoms with E-state index in [1.165, 1.54) is 0 Å². The number of benzene rings is 1. The zero-order chi connectivity index (χ0) is 14.3. The number of hydrogen-bond acceptors (Lipinski definition) is 2. The minimum atomic E-state index is 0.102. The van der Waals surface area contributed by atoms with Gasteiger partial charge in [-0.15, -0.1) is 0 Å². The first kappa shape index (κ1) is 16.2. The molecule has 0 heterocycles. The van der Waals surface area contributed by atoms with E-state index in [-0.39, 0.29) is 11.3 Å². The predicted octanol–water partition coefficient (Wildman–Crippen LogP) is 3.22. The van der Waals surface area contributed by atoms with Gasteiger partial charge in [0.1, 0.15) is 0 Å². The van der Waals surface area contributed by atoms with E-state index in [1.807, 2.05) is 24.3 Å². The third-order valence-corrected chi connectivity index (χ3v) is 3.72. The topological polar surface area (TPSA) is 55.1 Å². The lowest BCUT2D eigenvalue weighted by Gasteiger charge is -2.23. The molecule has 0 bridgehead atoms. The zero-order valence-electron chi connectivity index (χ0n) is 11.7. The van der Waals surface area contributed by atoms with Gasteiger partial charge in [-0.05, 0) is 42.5 Å². The van der Waals surface area contributed by atoms with E-state index >= 15 is 0 Å². The second-order valence-corrected chi connectivity index (χ2v) is 6.53. The smallest absolute Gasteiger partial charge is 0.220 e. The van der Waals surface area contributed by atoms with Crippen molar-refractivity contribution in [1.29, 1.82) is 0 Å². The molecule has 0 aliphatic heterocycles. The number of halogens is 1. The van der Waals surface area contributed by atoms with Crippen LogP contribution in [0.2, 0.25) is 0 Å². The first-order chi connectivity index (χ1) is 8.93. The number of carbonyl (C=O) groups excluding carboxylic acids is 1. The Hall–Kier alpha value is -0.870. The molecule has 0 radical (unpaired) electrons. The van der Waals surface area contributed by atoms with Crippen molar-refractivity contribution in [1.82, 2.24) is 5.32 Å². The van der Waals surface area contributed by atoms with Crippen LogP contribution in [0.3, 0.4) is 0 Å². The van der Waals surface area contributed by atoms with Gasteiger partial charge in [-0.25, -0.2) is 0 Å². The van der Waals surface area contributed by atoms with Crippen LogP contribution in [-0.2, 0) is 11.3 Å². The molecule has 1 amide bonds. The third-order valence-electron chi connectivity index (χ3n) is 3.23. The van der Waals surface area contributed by atoms with E-state index in [1.54, 1.807) is 0 Å². The molecule has 19 heavy (non-hydrogen) atoms. The normalized spacial score (nSPS) is 11.4. The third kappa shape index (κ3) is 6.73.